The van der Waals surface area contributed by atoms with E-state index in [0.717, 1.165) is 5.92 Å². The number of rotatable bonds is 3. The summed E-state index contributed by atoms with van der Waals surface area (Å²) in [4.78, 5) is 2.64. The van der Waals surface area contributed by atoms with Gasteiger partial charge in [0.25, 0.3) is 0 Å². The van der Waals surface area contributed by atoms with Crippen LogP contribution in [0.15, 0.2) is 30.3 Å². The molecule has 2 nitrogen and oxygen atoms in total. The minimum absolute atomic E-state index is 0.707. The smallest absolute Gasteiger partial charge is 0.0285 e. The van der Waals surface area contributed by atoms with Gasteiger partial charge in [-0.2, -0.15) is 11.8 Å². The van der Waals surface area contributed by atoms with Crippen LogP contribution in [0.25, 0.3) is 0 Å². The molecule has 18 heavy (non-hydrogen) atoms. The van der Waals surface area contributed by atoms with E-state index in [0.29, 0.717) is 6.04 Å². The number of nitrogens with one attached hydrogen (secondary N) is 1. The van der Waals surface area contributed by atoms with Gasteiger partial charge in [0.1, 0.15) is 0 Å². The normalized spacial score (nSPS) is 29.6. The molecular formula is C15H22N2S. The van der Waals surface area contributed by atoms with E-state index < -0.39 is 0 Å². The molecule has 0 spiro atoms. The Balaban J connectivity index is 1.52. The van der Waals surface area contributed by atoms with Gasteiger partial charge in [-0.1, -0.05) is 30.3 Å². The van der Waals surface area contributed by atoms with Crippen molar-refractivity contribution in [2.75, 3.05) is 37.7 Å². The van der Waals surface area contributed by atoms with Crippen LogP contribution in [0.1, 0.15) is 17.9 Å². The molecule has 2 aliphatic heterocycles. The maximum Gasteiger partial charge on any atom is 0.0285 e. The summed E-state index contributed by atoms with van der Waals surface area (Å²) in [5.74, 6) is 3.32. The molecule has 2 unspecified atom stereocenters. The summed E-state index contributed by atoms with van der Waals surface area (Å²) in [6.45, 7) is 4.93. The summed E-state index contributed by atoms with van der Waals surface area (Å²) in [7, 11) is 0. The molecule has 1 aromatic rings. The standard InChI is InChI=1S/C15H22N2S/c1-2-4-13(5-3-1)14-6-8-17(10-14)11-15-12-18-9-7-16-15/h1-5,14-16H,6-12H2. The zero-order valence-electron chi connectivity index (χ0n) is 10.8. The van der Waals surface area contributed by atoms with E-state index >= 15 is 0 Å². The van der Waals surface area contributed by atoms with Crippen molar-refractivity contribution in [1.82, 2.24) is 10.2 Å². The second-order valence-corrected chi connectivity index (χ2v) is 6.53. The number of likely N-dealkylation sites (tertiary alicyclic amines) is 1. The second-order valence-electron chi connectivity index (χ2n) is 5.38. The van der Waals surface area contributed by atoms with Crippen LogP contribution in [0, 0.1) is 0 Å². The summed E-state index contributed by atoms with van der Waals surface area (Å²) in [5, 5.41) is 3.64. The van der Waals surface area contributed by atoms with E-state index in [2.05, 4.69) is 52.3 Å². The highest BCUT2D eigenvalue weighted by atomic mass is 32.2. The maximum absolute atomic E-state index is 3.64. The first kappa shape index (κ1) is 12.5. The first-order chi connectivity index (χ1) is 8.92. The van der Waals surface area contributed by atoms with Gasteiger partial charge in [0.2, 0.25) is 0 Å². The maximum atomic E-state index is 3.64. The van der Waals surface area contributed by atoms with Crippen molar-refractivity contribution in [2.24, 2.45) is 0 Å². The molecule has 0 amide bonds. The third-order valence-corrected chi connectivity index (χ3v) is 5.15. The molecule has 2 fully saturated rings. The minimum atomic E-state index is 0.707. The molecule has 2 heterocycles. The highest BCUT2D eigenvalue weighted by molar-refractivity contribution is 7.99. The number of hydrogen-bond acceptors (Lipinski definition) is 3. The predicted octanol–water partition coefficient (Wildman–Crippen LogP) is 2.18. The molecule has 98 valence electrons. The lowest BCUT2D eigenvalue weighted by molar-refractivity contribution is 0.298. The van der Waals surface area contributed by atoms with Crippen molar-refractivity contribution < 1.29 is 0 Å². The van der Waals surface area contributed by atoms with Gasteiger partial charge in [0, 0.05) is 37.2 Å². The number of nitrogens with zero attached hydrogens (tertiary/aromatic N) is 1. The van der Waals surface area contributed by atoms with Gasteiger partial charge in [-0.05, 0) is 24.4 Å². The average Bonchev–Trinajstić information content (AvgIpc) is 2.89. The Morgan fingerprint density at radius 2 is 2.17 bits per heavy atom. The minimum Gasteiger partial charge on any atom is -0.311 e. The molecule has 2 aliphatic rings. The number of benzene rings is 1. The summed E-state index contributed by atoms with van der Waals surface area (Å²) < 4.78 is 0. The molecule has 0 bridgehead atoms. The van der Waals surface area contributed by atoms with Crippen molar-refractivity contribution in [3.8, 4) is 0 Å². The lowest BCUT2D eigenvalue weighted by Crippen LogP contribution is -2.45. The Hall–Kier alpha value is -0.510. The molecule has 2 saturated heterocycles. The summed E-state index contributed by atoms with van der Waals surface area (Å²) in [6.07, 6.45) is 1.32. The highest BCUT2D eigenvalue weighted by Gasteiger charge is 2.26. The van der Waals surface area contributed by atoms with Crippen molar-refractivity contribution in [2.45, 2.75) is 18.4 Å². The Bertz CT molecular complexity index is 362. The van der Waals surface area contributed by atoms with Gasteiger partial charge in [0.05, 0.1) is 0 Å². The Labute approximate surface area is 114 Å². The van der Waals surface area contributed by atoms with Crippen molar-refractivity contribution in [1.29, 1.82) is 0 Å². The van der Waals surface area contributed by atoms with Crippen LogP contribution >= 0.6 is 11.8 Å². The third-order valence-electron chi connectivity index (χ3n) is 4.02. The van der Waals surface area contributed by atoms with E-state index in [9.17, 15) is 0 Å². The fraction of sp³-hybridized carbons (Fsp3) is 0.600. The van der Waals surface area contributed by atoms with Gasteiger partial charge in [-0.15, -0.1) is 0 Å². The highest BCUT2D eigenvalue weighted by Crippen LogP contribution is 2.27. The second kappa shape index (κ2) is 6.09. The predicted molar refractivity (Wildman–Crippen MR) is 79.4 cm³/mol. The molecule has 2 atom stereocenters. The van der Waals surface area contributed by atoms with Crippen LogP contribution in [-0.4, -0.2) is 48.6 Å². The average molecular weight is 262 g/mol. The fourth-order valence-corrected chi connectivity index (χ4v) is 3.98. The van der Waals surface area contributed by atoms with Crippen LogP contribution in [0.3, 0.4) is 0 Å². The first-order valence-electron chi connectivity index (χ1n) is 7.00. The van der Waals surface area contributed by atoms with Gasteiger partial charge in [-0.3, -0.25) is 0 Å². The zero-order chi connectivity index (χ0) is 12.2. The molecule has 1 aromatic carbocycles. The van der Waals surface area contributed by atoms with Gasteiger partial charge < -0.3 is 10.2 Å². The summed E-state index contributed by atoms with van der Waals surface area (Å²) in [6, 6.07) is 11.7. The van der Waals surface area contributed by atoms with Crippen LogP contribution < -0.4 is 5.32 Å². The van der Waals surface area contributed by atoms with Crippen LogP contribution in [0.5, 0.6) is 0 Å². The number of thioether (sulfide) groups is 1. The zero-order valence-corrected chi connectivity index (χ0v) is 11.7. The monoisotopic (exact) mass is 262 g/mol. The van der Waals surface area contributed by atoms with Crippen LogP contribution in [-0.2, 0) is 0 Å². The molecule has 1 N–H and O–H groups in total. The van der Waals surface area contributed by atoms with Crippen molar-refractivity contribution in [3.63, 3.8) is 0 Å². The molecular weight excluding hydrogens is 240 g/mol. The molecule has 0 saturated carbocycles. The Morgan fingerprint density at radius 1 is 1.28 bits per heavy atom. The van der Waals surface area contributed by atoms with E-state index in [-0.39, 0.29) is 0 Å². The van der Waals surface area contributed by atoms with Crippen LogP contribution in [0.4, 0.5) is 0 Å². The van der Waals surface area contributed by atoms with Crippen molar-refractivity contribution in [3.05, 3.63) is 35.9 Å². The Morgan fingerprint density at radius 3 is 2.94 bits per heavy atom. The lowest BCUT2D eigenvalue weighted by Gasteiger charge is -2.27. The molecule has 3 rings (SSSR count). The van der Waals surface area contributed by atoms with Gasteiger partial charge in [-0.25, -0.2) is 0 Å². The first-order valence-corrected chi connectivity index (χ1v) is 8.16. The SMILES string of the molecule is c1ccc(C2CCN(CC3CSCCN3)C2)cc1. The molecule has 3 heteroatoms. The largest absolute Gasteiger partial charge is 0.311 e. The van der Waals surface area contributed by atoms with E-state index in [1.165, 1.54) is 49.7 Å². The molecule has 0 radical (unpaired) electrons. The topological polar surface area (TPSA) is 15.3 Å². The summed E-state index contributed by atoms with van der Waals surface area (Å²) in [5.41, 5.74) is 1.52. The van der Waals surface area contributed by atoms with Crippen LogP contribution in [0.2, 0.25) is 0 Å². The van der Waals surface area contributed by atoms with Gasteiger partial charge in [0.15, 0.2) is 0 Å². The molecule has 0 aromatic heterocycles. The quantitative estimate of drug-likeness (QED) is 0.899. The molecule has 0 aliphatic carbocycles. The Kier molecular flexibility index (Phi) is 4.24. The van der Waals surface area contributed by atoms with E-state index in [1.54, 1.807) is 0 Å². The van der Waals surface area contributed by atoms with E-state index in [1.807, 2.05) is 0 Å². The number of hydrogen-bond donors (Lipinski definition) is 1. The third kappa shape index (κ3) is 3.08. The van der Waals surface area contributed by atoms with Crippen molar-refractivity contribution >= 4 is 11.8 Å². The van der Waals surface area contributed by atoms with Gasteiger partial charge >= 0.3 is 0 Å². The summed E-state index contributed by atoms with van der Waals surface area (Å²) >= 11 is 2.09. The van der Waals surface area contributed by atoms with E-state index in [4.69, 9.17) is 0 Å². The lowest BCUT2D eigenvalue weighted by atomic mass is 9.99. The fourth-order valence-electron chi connectivity index (χ4n) is 3.04.